The number of hydrogen-bond acceptors (Lipinski definition) is 4. The molecule has 2 amide bonds. The summed E-state index contributed by atoms with van der Waals surface area (Å²) in [7, 11) is 0. The van der Waals surface area contributed by atoms with Gasteiger partial charge in [-0.3, -0.25) is 9.59 Å². The Balaban J connectivity index is 1.43. The molecule has 0 unspecified atom stereocenters. The molecule has 9 heteroatoms. The smallest absolute Gasteiger partial charge is 0.279 e. The second-order valence-electron chi connectivity index (χ2n) is 6.90. The average Bonchev–Trinajstić information content (AvgIpc) is 3.13. The van der Waals surface area contributed by atoms with Crippen LogP contribution >= 0.6 is 46.6 Å². The van der Waals surface area contributed by atoms with Crippen molar-refractivity contribution in [3.63, 3.8) is 0 Å². The Hall–Kier alpha value is -2.77. The molecule has 0 atom stereocenters. The molecule has 3 aromatic carbocycles. The van der Waals surface area contributed by atoms with Crippen molar-refractivity contribution in [1.82, 2.24) is 5.32 Å². The minimum absolute atomic E-state index is 0.209. The van der Waals surface area contributed by atoms with Gasteiger partial charge >= 0.3 is 0 Å². The van der Waals surface area contributed by atoms with E-state index < -0.39 is 5.91 Å². The molecule has 1 N–H and O–H groups in total. The van der Waals surface area contributed by atoms with E-state index in [9.17, 15) is 9.59 Å². The number of benzene rings is 3. The van der Waals surface area contributed by atoms with Gasteiger partial charge in [-0.1, -0.05) is 53.0 Å². The van der Waals surface area contributed by atoms with Crippen molar-refractivity contribution in [1.29, 1.82) is 0 Å². The molecule has 0 bridgehead atoms. The van der Waals surface area contributed by atoms with Gasteiger partial charge in [0, 0.05) is 15.6 Å². The van der Waals surface area contributed by atoms with E-state index in [1.807, 2.05) is 12.1 Å². The number of carbonyl (C=O) groups excluding carboxylic acids is 2. The number of carbonyl (C=O) groups is 2. The summed E-state index contributed by atoms with van der Waals surface area (Å²) in [6.07, 6.45) is 1.67. The maximum absolute atomic E-state index is 12.3. The molecule has 0 aliphatic carbocycles. The Bertz CT molecular complexity index is 1270. The molecule has 5 nitrogen and oxygen atoms in total. The number of rotatable bonds is 5. The van der Waals surface area contributed by atoms with E-state index in [1.165, 1.54) is 0 Å². The summed E-state index contributed by atoms with van der Waals surface area (Å²) < 4.78 is 5.77. The predicted molar refractivity (Wildman–Crippen MR) is 134 cm³/mol. The topological polar surface area (TPSA) is 67.8 Å². The molecule has 1 fully saturated rings. The number of thioether (sulfide) groups is 1. The van der Waals surface area contributed by atoms with E-state index in [2.05, 4.69) is 10.3 Å². The van der Waals surface area contributed by atoms with Crippen LogP contribution in [0.4, 0.5) is 0 Å². The highest BCUT2D eigenvalue weighted by molar-refractivity contribution is 8.18. The highest BCUT2D eigenvalue weighted by Gasteiger charge is 2.25. The summed E-state index contributed by atoms with van der Waals surface area (Å²) >= 11 is 19.2. The first kappa shape index (κ1) is 23.4. The lowest BCUT2D eigenvalue weighted by atomic mass is 10.2. The summed E-state index contributed by atoms with van der Waals surface area (Å²) in [4.78, 5) is 29.0. The maximum Gasteiger partial charge on any atom is 0.279 e. The molecule has 4 rings (SSSR count). The number of halogens is 3. The normalized spacial score (nSPS) is 15.7. The molecule has 0 spiro atoms. The van der Waals surface area contributed by atoms with Crippen LogP contribution < -0.4 is 10.1 Å². The number of nitrogens with one attached hydrogen (secondary N) is 1. The van der Waals surface area contributed by atoms with E-state index >= 15 is 0 Å². The first-order valence-corrected chi connectivity index (χ1v) is 11.6. The first-order valence-electron chi connectivity index (χ1n) is 9.64. The number of aliphatic imine (C=N–C) groups is 1. The summed E-state index contributed by atoms with van der Waals surface area (Å²) in [6.45, 7) is 0.344. The van der Waals surface area contributed by atoms with Crippen LogP contribution in [0.25, 0.3) is 6.08 Å². The van der Waals surface area contributed by atoms with Gasteiger partial charge in [-0.2, -0.15) is 4.99 Å². The second kappa shape index (κ2) is 10.4. The summed E-state index contributed by atoms with van der Waals surface area (Å²) in [5.41, 5.74) is 2.04. The summed E-state index contributed by atoms with van der Waals surface area (Å²) in [6, 6.07) is 18.9. The van der Waals surface area contributed by atoms with Crippen molar-refractivity contribution >= 4 is 69.6 Å². The number of hydrogen-bond donors (Lipinski definition) is 1. The van der Waals surface area contributed by atoms with Crippen molar-refractivity contribution < 1.29 is 14.3 Å². The lowest BCUT2D eigenvalue weighted by Crippen LogP contribution is -2.20. The molecule has 33 heavy (non-hydrogen) atoms. The predicted octanol–water partition coefficient (Wildman–Crippen LogP) is 6.63. The fourth-order valence-electron chi connectivity index (χ4n) is 2.85. The SMILES string of the molecule is O=C1NC(=NC(=O)c2ccc(Cl)cc2)S/C1=C\c1ccc(OCc2ccc(Cl)cc2)c(Cl)c1. The zero-order valence-corrected chi connectivity index (χ0v) is 19.9. The van der Waals surface area contributed by atoms with E-state index in [1.54, 1.807) is 60.7 Å². The van der Waals surface area contributed by atoms with Gasteiger partial charge in [0.25, 0.3) is 11.8 Å². The molecular formula is C24H15Cl3N2O3S. The Morgan fingerprint density at radius 2 is 1.64 bits per heavy atom. The van der Waals surface area contributed by atoms with Gasteiger partial charge in [0.2, 0.25) is 0 Å². The van der Waals surface area contributed by atoms with Gasteiger partial charge in [-0.25, -0.2) is 0 Å². The number of amides is 2. The van der Waals surface area contributed by atoms with Crippen molar-refractivity contribution in [3.8, 4) is 5.75 Å². The average molecular weight is 518 g/mol. The van der Waals surface area contributed by atoms with Crippen molar-refractivity contribution in [2.75, 3.05) is 0 Å². The van der Waals surface area contributed by atoms with Crippen LogP contribution in [0.2, 0.25) is 15.1 Å². The quantitative estimate of drug-likeness (QED) is 0.386. The van der Waals surface area contributed by atoms with Crippen LogP contribution in [0, 0.1) is 0 Å². The first-order chi connectivity index (χ1) is 15.9. The van der Waals surface area contributed by atoms with Crippen LogP contribution in [0.3, 0.4) is 0 Å². The molecular weight excluding hydrogens is 503 g/mol. The highest BCUT2D eigenvalue weighted by atomic mass is 35.5. The van der Waals surface area contributed by atoms with E-state index in [-0.39, 0.29) is 11.1 Å². The van der Waals surface area contributed by atoms with Gasteiger partial charge in [0.15, 0.2) is 5.17 Å². The molecule has 1 aliphatic rings. The Kier molecular flexibility index (Phi) is 7.40. The molecule has 1 heterocycles. The summed E-state index contributed by atoms with van der Waals surface area (Å²) in [5, 5.41) is 4.39. The Morgan fingerprint density at radius 3 is 2.30 bits per heavy atom. The third-order valence-corrected chi connectivity index (χ3v) is 6.22. The van der Waals surface area contributed by atoms with E-state index in [0.717, 1.165) is 17.3 Å². The summed E-state index contributed by atoms with van der Waals surface area (Å²) in [5.74, 6) is -0.295. The van der Waals surface area contributed by atoms with Gasteiger partial charge in [0.1, 0.15) is 12.4 Å². The molecule has 1 saturated heterocycles. The minimum atomic E-state index is -0.471. The van der Waals surface area contributed by atoms with Gasteiger partial charge in [-0.05, 0) is 77.5 Å². The molecule has 0 saturated carbocycles. The van der Waals surface area contributed by atoms with E-state index in [0.29, 0.717) is 43.5 Å². The fraction of sp³-hybridized carbons (Fsp3) is 0.0417. The van der Waals surface area contributed by atoms with Gasteiger partial charge in [-0.15, -0.1) is 0 Å². The highest BCUT2D eigenvalue weighted by Crippen LogP contribution is 2.30. The molecule has 166 valence electrons. The lowest BCUT2D eigenvalue weighted by Gasteiger charge is -2.09. The fourth-order valence-corrected chi connectivity index (χ4v) is 4.16. The Labute approximate surface area is 209 Å². The van der Waals surface area contributed by atoms with Gasteiger partial charge < -0.3 is 10.1 Å². The number of nitrogens with zero attached hydrogens (tertiary/aromatic N) is 1. The largest absolute Gasteiger partial charge is 0.487 e. The zero-order valence-electron chi connectivity index (χ0n) is 16.8. The van der Waals surface area contributed by atoms with Crippen LogP contribution in [0.1, 0.15) is 21.5 Å². The van der Waals surface area contributed by atoms with Crippen LogP contribution in [-0.2, 0) is 11.4 Å². The van der Waals surface area contributed by atoms with Crippen LogP contribution in [0.15, 0.2) is 76.6 Å². The molecule has 0 radical (unpaired) electrons. The third kappa shape index (κ3) is 6.18. The van der Waals surface area contributed by atoms with Crippen molar-refractivity contribution in [3.05, 3.63) is 103 Å². The van der Waals surface area contributed by atoms with Crippen LogP contribution in [-0.4, -0.2) is 17.0 Å². The number of amidine groups is 1. The molecule has 3 aromatic rings. The van der Waals surface area contributed by atoms with Gasteiger partial charge in [0.05, 0.1) is 9.93 Å². The standard InChI is InChI=1S/C24H15Cl3N2O3S/c25-17-6-1-14(2-7-17)13-32-20-10-3-15(11-19(20)27)12-21-23(31)29-24(33-21)28-22(30)16-4-8-18(26)9-5-16/h1-12H,13H2,(H,28,29,30,31)/b21-12-. The van der Waals surface area contributed by atoms with E-state index in [4.69, 9.17) is 39.5 Å². The maximum atomic E-state index is 12.3. The lowest BCUT2D eigenvalue weighted by molar-refractivity contribution is -0.115. The monoisotopic (exact) mass is 516 g/mol. The van der Waals surface area contributed by atoms with Crippen molar-refractivity contribution in [2.24, 2.45) is 4.99 Å². The van der Waals surface area contributed by atoms with Crippen molar-refractivity contribution in [2.45, 2.75) is 6.61 Å². The second-order valence-corrected chi connectivity index (χ2v) is 9.21. The zero-order chi connectivity index (χ0) is 23.4. The Morgan fingerprint density at radius 1 is 0.970 bits per heavy atom. The molecule has 0 aromatic heterocycles. The minimum Gasteiger partial charge on any atom is -0.487 e. The molecule has 1 aliphatic heterocycles. The third-order valence-electron chi connectivity index (χ3n) is 4.51. The van der Waals surface area contributed by atoms with Crippen LogP contribution in [0.5, 0.6) is 5.75 Å². The number of ether oxygens (including phenoxy) is 1.